The normalized spacial score (nSPS) is 13.8. The first-order chi connectivity index (χ1) is 31.3. The molecule has 344 valence electrons. The van der Waals surface area contributed by atoms with Gasteiger partial charge in [0.25, 0.3) is 0 Å². The predicted octanol–water partition coefficient (Wildman–Crippen LogP) is 16.6. The highest BCUT2D eigenvalue weighted by molar-refractivity contribution is 6.88. The van der Waals surface area contributed by atoms with E-state index in [1.165, 1.54) is 66.4 Å². The Hall–Kier alpha value is -6.11. The molecule has 0 aliphatic carbocycles. The van der Waals surface area contributed by atoms with Gasteiger partial charge in [0, 0.05) is 46.0 Å². The molecule has 2 aromatic heterocycles. The molecule has 0 spiro atoms. The zero-order valence-corrected chi connectivity index (χ0v) is 43.7. The minimum atomic E-state index is -1.57. The summed E-state index contributed by atoms with van der Waals surface area (Å²) in [5.41, 5.74) is 14.6. The molecule has 1 aliphatic heterocycles. The maximum Gasteiger partial charge on any atom is 0.137 e. The van der Waals surface area contributed by atoms with Crippen LogP contribution in [0.5, 0.6) is 11.5 Å². The number of fused-ring (bicyclic) bond motifs is 4. The Labute approximate surface area is 401 Å². The zero-order chi connectivity index (χ0) is 48.0. The molecule has 0 bridgehead atoms. The summed E-state index contributed by atoms with van der Waals surface area (Å²) in [6.45, 7) is 35.5. The van der Waals surface area contributed by atoms with Crippen LogP contribution in [-0.2, 0) is 21.7 Å². The number of benzene rings is 6. The van der Waals surface area contributed by atoms with Crippen molar-refractivity contribution in [3.8, 4) is 28.4 Å². The van der Waals surface area contributed by atoms with Crippen LogP contribution in [0, 0.1) is 0 Å². The van der Waals surface area contributed by atoms with E-state index in [9.17, 15) is 0 Å². The predicted molar refractivity (Wildman–Crippen MR) is 290 cm³/mol. The molecule has 0 fully saturated rings. The van der Waals surface area contributed by atoms with Crippen LogP contribution in [0.3, 0.4) is 0 Å². The monoisotopic (exact) mass is 903 g/mol. The molecule has 0 unspecified atom stereocenters. The van der Waals surface area contributed by atoms with Crippen LogP contribution >= 0.6 is 0 Å². The Balaban J connectivity index is 1.16. The number of aromatic nitrogens is 2. The van der Waals surface area contributed by atoms with Gasteiger partial charge >= 0.3 is 0 Å². The van der Waals surface area contributed by atoms with Crippen LogP contribution in [0.1, 0.15) is 105 Å². The van der Waals surface area contributed by atoms with Crippen LogP contribution < -0.4 is 19.7 Å². The fraction of sp³-hybridized carbons (Fsp3) is 0.328. The second kappa shape index (κ2) is 16.3. The molecule has 0 amide bonds. The largest absolute Gasteiger partial charge is 0.457 e. The van der Waals surface area contributed by atoms with Crippen molar-refractivity contribution < 1.29 is 4.74 Å². The van der Waals surface area contributed by atoms with Crippen LogP contribution in [-0.4, -0.2) is 24.3 Å². The number of hydrogen-bond acceptors (Lipinski definition) is 4. The van der Waals surface area contributed by atoms with Gasteiger partial charge in [0.1, 0.15) is 24.0 Å². The number of nitrogens with zero attached hydrogens (tertiary/aromatic N) is 4. The summed E-state index contributed by atoms with van der Waals surface area (Å²) < 4.78 is 9.21. The first kappa shape index (κ1) is 46.0. The summed E-state index contributed by atoms with van der Waals surface area (Å²) in [6, 6.07) is 49.8. The first-order valence-electron chi connectivity index (χ1n) is 24.1. The van der Waals surface area contributed by atoms with Crippen LogP contribution in [0.25, 0.3) is 38.8 Å². The van der Waals surface area contributed by atoms with E-state index in [0.29, 0.717) is 6.67 Å². The number of para-hydroxylation sites is 1. The zero-order valence-electron chi connectivity index (χ0n) is 42.7. The van der Waals surface area contributed by atoms with E-state index in [0.717, 1.165) is 34.0 Å². The van der Waals surface area contributed by atoms with E-state index in [4.69, 9.17) is 9.72 Å². The van der Waals surface area contributed by atoms with E-state index in [2.05, 4.69) is 251 Å². The van der Waals surface area contributed by atoms with Gasteiger partial charge in [-0.25, -0.2) is 4.98 Å². The molecule has 5 nitrogen and oxygen atoms in total. The van der Waals surface area contributed by atoms with Crippen molar-refractivity contribution in [3.05, 3.63) is 162 Å². The smallest absolute Gasteiger partial charge is 0.137 e. The van der Waals surface area contributed by atoms with Crippen LogP contribution in [0.4, 0.5) is 22.7 Å². The topological polar surface area (TPSA) is 33.5 Å². The fourth-order valence-corrected chi connectivity index (χ4v) is 10.6. The molecule has 6 aromatic carbocycles. The van der Waals surface area contributed by atoms with Crippen molar-refractivity contribution in [2.45, 2.75) is 124 Å². The molecule has 1 aliphatic rings. The molecule has 67 heavy (non-hydrogen) atoms. The minimum absolute atomic E-state index is 0.0140. The Morgan fingerprint density at radius 1 is 0.493 bits per heavy atom. The Kier molecular flexibility index (Phi) is 11.2. The highest BCUT2D eigenvalue weighted by Gasteiger charge is 2.33. The van der Waals surface area contributed by atoms with Gasteiger partial charge in [-0.2, -0.15) is 0 Å². The van der Waals surface area contributed by atoms with E-state index >= 15 is 0 Å². The maximum atomic E-state index is 6.90. The van der Waals surface area contributed by atoms with Crippen molar-refractivity contribution >= 4 is 57.8 Å². The Morgan fingerprint density at radius 3 is 1.81 bits per heavy atom. The number of rotatable bonds is 7. The number of pyridine rings is 1. The summed E-state index contributed by atoms with van der Waals surface area (Å²) >= 11 is 0. The van der Waals surface area contributed by atoms with Crippen molar-refractivity contribution in [2.24, 2.45) is 0 Å². The summed E-state index contributed by atoms with van der Waals surface area (Å²) in [5.74, 6) is 2.46. The third-order valence-electron chi connectivity index (χ3n) is 13.7. The van der Waals surface area contributed by atoms with Gasteiger partial charge in [-0.1, -0.05) is 163 Å². The van der Waals surface area contributed by atoms with Gasteiger partial charge in [-0.3, -0.25) is 4.57 Å². The van der Waals surface area contributed by atoms with Crippen LogP contribution in [0.2, 0.25) is 19.6 Å². The third-order valence-corrected chi connectivity index (χ3v) is 15.7. The molecule has 8 aromatic rings. The van der Waals surface area contributed by atoms with Gasteiger partial charge in [-0.05, 0) is 116 Å². The molecule has 0 radical (unpaired) electrons. The highest BCUT2D eigenvalue weighted by atomic mass is 28.3. The Bertz CT molecular complexity index is 3140. The van der Waals surface area contributed by atoms with Gasteiger partial charge in [0.15, 0.2) is 0 Å². The maximum absolute atomic E-state index is 6.90. The number of anilines is 4. The lowest BCUT2D eigenvalue weighted by molar-refractivity contribution is 0.483. The lowest BCUT2D eigenvalue weighted by Gasteiger charge is -2.30. The molecule has 3 heterocycles. The van der Waals surface area contributed by atoms with Crippen LogP contribution in [0.15, 0.2) is 140 Å². The lowest BCUT2D eigenvalue weighted by Crippen LogP contribution is -2.37. The van der Waals surface area contributed by atoms with Gasteiger partial charge in [0.2, 0.25) is 0 Å². The van der Waals surface area contributed by atoms with E-state index in [1.807, 2.05) is 6.20 Å². The quantitative estimate of drug-likeness (QED) is 0.149. The first-order valence-corrected chi connectivity index (χ1v) is 27.6. The minimum Gasteiger partial charge on any atom is -0.457 e. The molecule has 0 saturated carbocycles. The molecule has 0 saturated heterocycles. The Morgan fingerprint density at radius 2 is 1.13 bits per heavy atom. The molecule has 0 N–H and O–H groups in total. The van der Waals surface area contributed by atoms with Crippen molar-refractivity contribution in [2.75, 3.05) is 16.5 Å². The van der Waals surface area contributed by atoms with Crippen molar-refractivity contribution in [1.82, 2.24) is 9.55 Å². The number of hydrogen-bond donors (Lipinski definition) is 0. The second-order valence-corrected chi connectivity index (χ2v) is 29.1. The molecular formula is C61H70N4OSi. The van der Waals surface area contributed by atoms with Gasteiger partial charge in [0.05, 0.1) is 30.5 Å². The van der Waals surface area contributed by atoms with E-state index < -0.39 is 8.07 Å². The second-order valence-electron chi connectivity index (χ2n) is 24.0. The summed E-state index contributed by atoms with van der Waals surface area (Å²) in [4.78, 5) is 9.97. The molecule has 6 heteroatoms. The molecular weight excluding hydrogens is 833 g/mol. The highest BCUT2D eigenvalue weighted by Crippen LogP contribution is 2.51. The SMILES string of the molecule is CC(C)(C)c1cc(N2CN(c3cccc(Oc4ccc5c6cc(C(C)(C)C)ccc6n(-c6cc(C(C)(C)C)ccn6)c5c4)c3)c3cccc(-c4cccc([Si](C)(C)C)c4)c32)cc(C(C)(C)C)c1. The summed E-state index contributed by atoms with van der Waals surface area (Å²) in [5, 5.41) is 3.85. The fourth-order valence-electron chi connectivity index (χ4n) is 9.41. The summed E-state index contributed by atoms with van der Waals surface area (Å²) in [6.07, 6.45) is 1.94. The molecule has 9 rings (SSSR count). The standard InChI is InChI=1S/C61H70N4OSi/c1-58(2,3)41-25-28-53-52(35-41)51-27-26-48(38-55(51)65(53)56-36-42(29-30-62-56)59(4,5)6)66-47-21-17-20-45(37-47)63-39-64(46-33-43(60(7,8)9)32-44(34-46)61(10,11)12)57-50(23-18-24-54(57)63)40-19-16-22-49(31-40)67(13,14)15/h16-38H,39H2,1-15H3. The van der Waals surface area contributed by atoms with Gasteiger partial charge in [-0.15, -0.1) is 0 Å². The van der Waals surface area contributed by atoms with Crippen molar-refractivity contribution in [1.29, 1.82) is 0 Å². The number of ether oxygens (including phenoxy) is 1. The van der Waals surface area contributed by atoms with Crippen molar-refractivity contribution in [3.63, 3.8) is 0 Å². The van der Waals surface area contributed by atoms with Gasteiger partial charge < -0.3 is 14.5 Å². The third kappa shape index (κ3) is 8.93. The lowest BCUT2D eigenvalue weighted by atomic mass is 9.80. The summed E-state index contributed by atoms with van der Waals surface area (Å²) in [7, 11) is -1.57. The average molecular weight is 903 g/mol. The van der Waals surface area contributed by atoms with E-state index in [1.54, 1.807) is 0 Å². The average Bonchev–Trinajstić information content (AvgIpc) is 3.81. The van der Waals surface area contributed by atoms with E-state index in [-0.39, 0.29) is 21.7 Å². The molecule has 0 atom stereocenters.